The molecule has 0 fully saturated rings. The van der Waals surface area contributed by atoms with E-state index >= 15 is 0 Å². The van der Waals surface area contributed by atoms with Crippen molar-refractivity contribution in [3.05, 3.63) is 40.2 Å². The third kappa shape index (κ3) is 3.83. The second kappa shape index (κ2) is 7.14. The van der Waals surface area contributed by atoms with Crippen molar-refractivity contribution in [1.82, 2.24) is 29.9 Å². The average molecular weight is 522 g/mol. The molecule has 0 amide bonds. The first-order valence-corrected chi connectivity index (χ1v) is 9.46. The van der Waals surface area contributed by atoms with Gasteiger partial charge in [-0.15, -0.1) is 0 Å². The fourth-order valence-electron chi connectivity index (χ4n) is 1.95. The minimum absolute atomic E-state index is 0.306. The Morgan fingerprint density at radius 1 is 0.667 bits per heavy atom. The number of hydrogen-bond acceptors (Lipinski definition) is 6. The quantitative estimate of drug-likeness (QED) is 0.330. The van der Waals surface area contributed by atoms with Gasteiger partial charge in [0, 0.05) is 20.1 Å². The fraction of sp³-hybridized carbons (Fsp3) is 0. The molecule has 3 aromatic rings. The number of aromatic nitrogens is 6. The van der Waals surface area contributed by atoms with E-state index in [1.807, 2.05) is 12.1 Å². The van der Waals surface area contributed by atoms with Gasteiger partial charge in [-0.25, -0.2) is 9.97 Å². The number of aromatic amines is 4. The Bertz CT molecular complexity index is 1030. The van der Waals surface area contributed by atoms with Crippen LogP contribution in [0.2, 0.25) is 0 Å². The van der Waals surface area contributed by atoms with Crippen molar-refractivity contribution in [2.45, 2.75) is 0 Å². The second-order valence-corrected chi connectivity index (χ2v) is 7.80. The molecule has 6 nitrogen and oxygen atoms in total. The number of benzene rings is 1. The van der Waals surface area contributed by atoms with Crippen LogP contribution in [-0.2, 0) is 0 Å². The number of nitrogens with one attached hydrogen (secondary N) is 4. The Kier molecular flexibility index (Phi) is 5.32. The number of H-pyrrole nitrogens is 4. The van der Waals surface area contributed by atoms with E-state index in [1.165, 1.54) is 0 Å². The second-order valence-electron chi connectivity index (χ2n) is 4.50. The van der Waals surface area contributed by atoms with Crippen LogP contribution < -0.4 is 0 Å². The molecular weight excluding hydrogens is 516 g/mol. The van der Waals surface area contributed by atoms with Gasteiger partial charge in [-0.1, -0.05) is 31.9 Å². The zero-order valence-electron chi connectivity index (χ0n) is 11.4. The molecule has 0 unspecified atom stereocenters. The molecule has 122 valence electrons. The highest BCUT2D eigenvalue weighted by molar-refractivity contribution is 9.11. The van der Waals surface area contributed by atoms with Crippen molar-refractivity contribution in [3.63, 3.8) is 0 Å². The van der Waals surface area contributed by atoms with Crippen LogP contribution in [0.15, 0.2) is 21.1 Å². The van der Waals surface area contributed by atoms with E-state index in [1.54, 1.807) is 0 Å². The Morgan fingerprint density at radius 3 is 1.38 bits per heavy atom. The molecular formula is C12H6Br2N6S4. The predicted molar refractivity (Wildman–Crippen MR) is 109 cm³/mol. The lowest BCUT2D eigenvalue weighted by Gasteiger charge is -2.09. The van der Waals surface area contributed by atoms with Crippen LogP contribution >= 0.6 is 80.7 Å². The highest BCUT2D eigenvalue weighted by Crippen LogP contribution is 2.35. The fourth-order valence-corrected chi connectivity index (χ4v) is 3.92. The SMILES string of the molecule is S=c1nc(-c2cc(Br)c(-c3nc(=S)[nH]c(=S)[nH]3)cc2Br)[nH]c(=S)[nH]1. The largest absolute Gasteiger partial charge is 0.316 e. The molecule has 12 heteroatoms. The maximum atomic E-state index is 5.11. The van der Waals surface area contributed by atoms with E-state index in [4.69, 9.17) is 48.9 Å². The smallest absolute Gasteiger partial charge is 0.201 e. The molecule has 2 heterocycles. The summed E-state index contributed by atoms with van der Waals surface area (Å²) in [5.74, 6) is 1.10. The summed E-state index contributed by atoms with van der Waals surface area (Å²) in [7, 11) is 0. The van der Waals surface area contributed by atoms with Gasteiger partial charge in [0.15, 0.2) is 9.54 Å². The zero-order valence-corrected chi connectivity index (χ0v) is 17.9. The Balaban J connectivity index is 2.22. The summed E-state index contributed by atoms with van der Waals surface area (Å²) < 4.78 is 2.97. The maximum Gasteiger partial charge on any atom is 0.201 e. The standard InChI is InChI=1S/C12H6Br2N6S4/c13-5-1-3(7-15-9(21)19-10(22)16-7)6(14)2-4(5)8-17-11(23)20-12(24)18-8/h1-2H,(H2,15,16,19,21,22)(H2,17,18,20,23,24). The van der Waals surface area contributed by atoms with Gasteiger partial charge in [-0.05, 0) is 61.0 Å². The highest BCUT2D eigenvalue weighted by Gasteiger charge is 2.13. The van der Waals surface area contributed by atoms with Crippen LogP contribution in [0.3, 0.4) is 0 Å². The number of hydrogen-bond donors (Lipinski definition) is 4. The first-order valence-electron chi connectivity index (χ1n) is 6.24. The number of rotatable bonds is 2. The van der Waals surface area contributed by atoms with Crippen LogP contribution in [-0.4, -0.2) is 29.9 Å². The van der Waals surface area contributed by atoms with E-state index in [-0.39, 0.29) is 0 Å². The molecule has 3 rings (SSSR count). The molecule has 0 radical (unpaired) electrons. The van der Waals surface area contributed by atoms with Gasteiger partial charge < -0.3 is 19.9 Å². The van der Waals surface area contributed by atoms with Gasteiger partial charge in [0.2, 0.25) is 9.54 Å². The summed E-state index contributed by atoms with van der Waals surface area (Å²) >= 11 is 27.4. The molecule has 0 aliphatic carbocycles. The first-order chi connectivity index (χ1) is 11.3. The number of nitrogens with zero attached hydrogens (tertiary/aromatic N) is 2. The molecule has 1 aromatic carbocycles. The molecule has 2 aromatic heterocycles. The Morgan fingerprint density at radius 2 is 1.04 bits per heavy atom. The van der Waals surface area contributed by atoms with E-state index in [0.29, 0.717) is 30.7 Å². The predicted octanol–water partition coefficient (Wildman–Crippen LogP) is 5.57. The van der Waals surface area contributed by atoms with Crippen LogP contribution in [0, 0.1) is 19.1 Å². The average Bonchev–Trinajstić information content (AvgIpc) is 2.47. The van der Waals surface area contributed by atoms with Crippen molar-refractivity contribution in [3.8, 4) is 22.8 Å². The van der Waals surface area contributed by atoms with Crippen LogP contribution in [0.25, 0.3) is 22.8 Å². The van der Waals surface area contributed by atoms with E-state index in [0.717, 1.165) is 20.1 Å². The van der Waals surface area contributed by atoms with Crippen molar-refractivity contribution in [2.75, 3.05) is 0 Å². The summed E-state index contributed by atoms with van der Waals surface area (Å²) in [6, 6.07) is 3.75. The maximum absolute atomic E-state index is 5.11. The molecule has 0 saturated carbocycles. The van der Waals surface area contributed by atoms with Gasteiger partial charge in [0.1, 0.15) is 11.6 Å². The first kappa shape index (κ1) is 17.9. The molecule has 0 spiro atoms. The van der Waals surface area contributed by atoms with E-state index < -0.39 is 0 Å². The normalized spacial score (nSPS) is 10.8. The Labute approximate surface area is 172 Å². The zero-order chi connectivity index (χ0) is 17.4. The van der Waals surface area contributed by atoms with Gasteiger partial charge in [0.05, 0.1) is 0 Å². The van der Waals surface area contributed by atoms with E-state index in [9.17, 15) is 0 Å². The lowest BCUT2D eigenvalue weighted by atomic mass is 10.1. The monoisotopic (exact) mass is 520 g/mol. The molecule has 4 N–H and O–H groups in total. The summed E-state index contributed by atoms with van der Waals surface area (Å²) in [6.45, 7) is 0. The summed E-state index contributed by atoms with van der Waals surface area (Å²) in [5, 5.41) is 0. The third-order valence-corrected chi connectivity index (χ3v) is 5.01. The van der Waals surface area contributed by atoms with Crippen molar-refractivity contribution < 1.29 is 0 Å². The van der Waals surface area contributed by atoms with Gasteiger partial charge >= 0.3 is 0 Å². The molecule has 0 bridgehead atoms. The van der Waals surface area contributed by atoms with Crippen molar-refractivity contribution >= 4 is 80.7 Å². The van der Waals surface area contributed by atoms with Gasteiger partial charge in [0.25, 0.3) is 0 Å². The summed E-state index contributed by atoms with van der Waals surface area (Å²) in [4.78, 5) is 20.0. The van der Waals surface area contributed by atoms with E-state index in [2.05, 4.69) is 61.8 Å². The molecule has 0 saturated heterocycles. The van der Waals surface area contributed by atoms with Crippen LogP contribution in [0.4, 0.5) is 0 Å². The van der Waals surface area contributed by atoms with Gasteiger partial charge in [-0.2, -0.15) is 0 Å². The summed E-state index contributed by atoms with van der Waals surface area (Å²) in [6.07, 6.45) is 0. The van der Waals surface area contributed by atoms with Crippen LogP contribution in [0.1, 0.15) is 0 Å². The lowest BCUT2D eigenvalue weighted by molar-refractivity contribution is 1.01. The Hall–Kier alpha value is -0.920. The highest BCUT2D eigenvalue weighted by atomic mass is 79.9. The van der Waals surface area contributed by atoms with Crippen LogP contribution in [0.5, 0.6) is 0 Å². The molecule has 0 atom stereocenters. The lowest BCUT2D eigenvalue weighted by Crippen LogP contribution is -1.97. The minimum Gasteiger partial charge on any atom is -0.316 e. The topological polar surface area (TPSA) is 88.9 Å². The molecule has 0 aliphatic heterocycles. The summed E-state index contributed by atoms with van der Waals surface area (Å²) in [5.41, 5.74) is 1.58. The minimum atomic E-state index is 0.306. The van der Waals surface area contributed by atoms with Crippen molar-refractivity contribution in [1.29, 1.82) is 0 Å². The van der Waals surface area contributed by atoms with Gasteiger partial charge in [-0.3, -0.25) is 0 Å². The number of halogens is 2. The molecule has 0 aliphatic rings. The molecule has 24 heavy (non-hydrogen) atoms. The van der Waals surface area contributed by atoms with Crippen molar-refractivity contribution in [2.24, 2.45) is 0 Å². The third-order valence-electron chi connectivity index (χ3n) is 2.90.